The van der Waals surface area contributed by atoms with E-state index >= 15 is 0 Å². The van der Waals surface area contributed by atoms with Gasteiger partial charge in [-0.2, -0.15) is 5.26 Å². The molecule has 0 atom stereocenters. The third kappa shape index (κ3) is 3.12. The lowest BCUT2D eigenvalue weighted by Gasteiger charge is -2.05. The van der Waals surface area contributed by atoms with Crippen LogP contribution >= 0.6 is 11.3 Å². The minimum atomic E-state index is -0.377. The van der Waals surface area contributed by atoms with Crippen LogP contribution in [0.2, 0.25) is 0 Å². The van der Waals surface area contributed by atoms with Crippen molar-refractivity contribution in [3.63, 3.8) is 0 Å². The van der Waals surface area contributed by atoms with E-state index in [1.54, 1.807) is 36.6 Å². The molecule has 0 saturated carbocycles. The Bertz CT molecular complexity index is 1160. The van der Waals surface area contributed by atoms with Gasteiger partial charge in [0.05, 0.1) is 16.7 Å². The molecule has 1 aromatic carbocycles. The molecular weight excluding hydrogens is 374 g/mol. The third-order valence-corrected chi connectivity index (χ3v) is 6.16. The Morgan fingerprint density at radius 2 is 2.11 bits per heavy atom. The predicted molar refractivity (Wildman–Crippen MR) is 109 cm³/mol. The van der Waals surface area contributed by atoms with Crippen LogP contribution in [-0.2, 0) is 12.8 Å². The van der Waals surface area contributed by atoms with Gasteiger partial charge in [-0.1, -0.05) is 0 Å². The van der Waals surface area contributed by atoms with Crippen molar-refractivity contribution in [3.05, 3.63) is 67.3 Å². The van der Waals surface area contributed by atoms with E-state index in [-0.39, 0.29) is 10.6 Å². The van der Waals surface area contributed by atoms with Crippen LogP contribution < -0.4 is 0 Å². The molecule has 28 heavy (non-hydrogen) atoms. The van der Waals surface area contributed by atoms with Gasteiger partial charge in [0, 0.05) is 22.1 Å². The maximum atomic E-state index is 11.1. The number of thiophene rings is 1. The van der Waals surface area contributed by atoms with Crippen LogP contribution in [0.5, 0.6) is 0 Å². The zero-order chi connectivity index (χ0) is 19.8. The molecule has 140 valence electrons. The molecule has 1 aliphatic rings. The van der Waals surface area contributed by atoms with Crippen LogP contribution in [0.1, 0.15) is 39.3 Å². The number of hydrogen-bond acceptors (Lipinski definition) is 6. The van der Waals surface area contributed by atoms with Crippen molar-refractivity contribution < 1.29 is 9.34 Å². The molecular formula is C21H17N3O3S. The molecule has 0 fully saturated rings. The van der Waals surface area contributed by atoms with E-state index in [0.29, 0.717) is 22.6 Å². The van der Waals surface area contributed by atoms with Crippen molar-refractivity contribution in [2.75, 3.05) is 0 Å². The fraction of sp³-hybridized carbons (Fsp3) is 0.238. The van der Waals surface area contributed by atoms with E-state index in [2.05, 4.69) is 11.1 Å². The Kier molecular flexibility index (Phi) is 4.57. The average Bonchev–Trinajstić information content (AvgIpc) is 3.36. The summed E-state index contributed by atoms with van der Waals surface area (Å²) in [4.78, 5) is 16.5. The van der Waals surface area contributed by atoms with E-state index in [1.807, 2.05) is 19.1 Å². The molecule has 0 radical (unpaired) electrons. The molecule has 0 aliphatic heterocycles. The molecule has 2 aromatic heterocycles. The van der Waals surface area contributed by atoms with Crippen LogP contribution in [0, 0.1) is 35.3 Å². The topological polar surface area (TPSA) is 92.4 Å². The lowest BCUT2D eigenvalue weighted by molar-refractivity contribution is -0.385. The summed E-state index contributed by atoms with van der Waals surface area (Å²) in [6.45, 7) is 3.54. The Morgan fingerprint density at radius 1 is 1.29 bits per heavy atom. The summed E-state index contributed by atoms with van der Waals surface area (Å²) in [6.07, 6.45) is 4.70. The number of nitrogens with zero attached hydrogens (tertiary/aromatic N) is 3. The Balaban J connectivity index is 1.63. The number of furan rings is 1. The number of fused-ring (bicyclic) bond motifs is 1. The van der Waals surface area contributed by atoms with Crippen LogP contribution in [-0.4, -0.2) is 11.1 Å². The molecule has 0 amide bonds. The number of nitro groups is 1. The lowest BCUT2D eigenvalue weighted by atomic mass is 10.0. The van der Waals surface area contributed by atoms with Crippen molar-refractivity contribution >= 4 is 28.2 Å². The number of nitro benzene ring substituents is 1. The first kappa shape index (κ1) is 18.1. The molecule has 1 aliphatic carbocycles. The Labute approximate surface area is 165 Å². The molecule has 4 rings (SSSR count). The van der Waals surface area contributed by atoms with Gasteiger partial charge in [0.25, 0.3) is 5.69 Å². The first-order valence-electron chi connectivity index (χ1n) is 8.92. The van der Waals surface area contributed by atoms with Crippen molar-refractivity contribution in [2.24, 2.45) is 4.99 Å². The highest BCUT2D eigenvalue weighted by Crippen LogP contribution is 2.40. The van der Waals surface area contributed by atoms with Crippen LogP contribution in [0.25, 0.3) is 11.3 Å². The minimum absolute atomic E-state index is 0.101. The highest BCUT2D eigenvalue weighted by molar-refractivity contribution is 7.16. The minimum Gasteiger partial charge on any atom is -0.455 e. The molecule has 0 unspecified atom stereocenters. The zero-order valence-corrected chi connectivity index (χ0v) is 16.3. The second-order valence-corrected chi connectivity index (χ2v) is 7.90. The lowest BCUT2D eigenvalue weighted by Crippen LogP contribution is -1.94. The fourth-order valence-corrected chi connectivity index (χ4v) is 4.73. The highest BCUT2D eigenvalue weighted by Gasteiger charge is 2.21. The van der Waals surface area contributed by atoms with Gasteiger partial charge in [0.1, 0.15) is 22.6 Å². The monoisotopic (exact) mass is 391 g/mol. The molecule has 2 heterocycles. The van der Waals surface area contributed by atoms with E-state index < -0.39 is 0 Å². The normalized spacial score (nSPS) is 13.0. The largest absolute Gasteiger partial charge is 0.455 e. The first-order valence-corrected chi connectivity index (χ1v) is 9.74. The summed E-state index contributed by atoms with van der Waals surface area (Å²) < 4.78 is 5.88. The molecule has 6 nitrogen and oxygen atoms in total. The Hall–Kier alpha value is -3.24. The zero-order valence-electron chi connectivity index (χ0n) is 15.5. The maximum Gasteiger partial charge on any atom is 0.272 e. The number of nitriles is 1. The average molecular weight is 391 g/mol. The quantitative estimate of drug-likeness (QED) is 0.327. The molecule has 0 saturated heterocycles. The number of aryl methyl sites for hydroxylation is 3. The molecule has 0 bridgehead atoms. The van der Waals surface area contributed by atoms with Gasteiger partial charge >= 0.3 is 0 Å². The molecule has 0 N–H and O–H groups in total. The van der Waals surface area contributed by atoms with E-state index in [9.17, 15) is 15.4 Å². The summed E-state index contributed by atoms with van der Waals surface area (Å²) in [5, 5.41) is 21.3. The summed E-state index contributed by atoms with van der Waals surface area (Å²) in [6, 6.07) is 9.25. The Morgan fingerprint density at radius 3 is 2.86 bits per heavy atom. The van der Waals surface area contributed by atoms with Gasteiger partial charge in [0.2, 0.25) is 0 Å². The van der Waals surface area contributed by atoms with Crippen molar-refractivity contribution in [2.45, 2.75) is 33.1 Å². The van der Waals surface area contributed by atoms with Crippen molar-refractivity contribution in [1.82, 2.24) is 0 Å². The summed E-state index contributed by atoms with van der Waals surface area (Å²) in [7, 11) is 0. The number of aliphatic imine (C=N–C) groups is 1. The summed E-state index contributed by atoms with van der Waals surface area (Å²) >= 11 is 1.58. The molecule has 3 aromatic rings. The van der Waals surface area contributed by atoms with E-state index in [0.717, 1.165) is 41.0 Å². The van der Waals surface area contributed by atoms with Gasteiger partial charge in [0.15, 0.2) is 0 Å². The van der Waals surface area contributed by atoms with Crippen LogP contribution in [0.3, 0.4) is 0 Å². The van der Waals surface area contributed by atoms with Crippen molar-refractivity contribution in [3.8, 4) is 17.4 Å². The number of hydrogen-bond donors (Lipinski definition) is 0. The maximum absolute atomic E-state index is 11.1. The standard InChI is InChI=1S/C21H17N3O3S/c1-12-9-18(24(25)26)13(2)8-16(12)19-7-6-14(27-19)11-23-21-17(10-22)15-4-3-5-20(15)28-21/h6-9,11H,3-5H2,1-2H3/b23-11+. The third-order valence-electron chi connectivity index (χ3n) is 4.96. The first-order chi connectivity index (χ1) is 13.5. The number of rotatable bonds is 4. The molecule has 0 spiro atoms. The highest BCUT2D eigenvalue weighted by atomic mass is 32.1. The van der Waals surface area contributed by atoms with Gasteiger partial charge in [-0.3, -0.25) is 10.1 Å². The van der Waals surface area contributed by atoms with Gasteiger partial charge in [-0.25, -0.2) is 4.99 Å². The summed E-state index contributed by atoms with van der Waals surface area (Å²) in [5.41, 5.74) is 4.11. The van der Waals surface area contributed by atoms with Gasteiger partial charge in [-0.15, -0.1) is 11.3 Å². The predicted octanol–water partition coefficient (Wildman–Crippen LogP) is 5.64. The second-order valence-electron chi connectivity index (χ2n) is 6.82. The summed E-state index contributed by atoms with van der Waals surface area (Å²) in [5.74, 6) is 1.20. The fourth-order valence-electron chi connectivity index (χ4n) is 3.55. The van der Waals surface area contributed by atoms with Gasteiger partial charge in [-0.05, 0) is 62.4 Å². The van der Waals surface area contributed by atoms with Crippen molar-refractivity contribution in [1.29, 1.82) is 5.26 Å². The second kappa shape index (κ2) is 7.06. The molecule has 7 heteroatoms. The smallest absolute Gasteiger partial charge is 0.272 e. The van der Waals surface area contributed by atoms with Crippen LogP contribution in [0.15, 0.2) is 33.7 Å². The number of benzene rings is 1. The van der Waals surface area contributed by atoms with Gasteiger partial charge < -0.3 is 4.42 Å². The SMILES string of the molecule is Cc1cc([N+](=O)[O-])c(C)cc1-c1ccc(/C=N/c2sc3c(c2C#N)CCC3)o1. The van der Waals surface area contributed by atoms with E-state index in [4.69, 9.17) is 4.42 Å². The van der Waals surface area contributed by atoms with Crippen LogP contribution in [0.4, 0.5) is 10.7 Å². The van der Waals surface area contributed by atoms with E-state index in [1.165, 1.54) is 4.88 Å².